The molecule has 1 aromatic heterocycles. The summed E-state index contributed by atoms with van der Waals surface area (Å²) < 4.78 is 26.8. The molecular weight excluding hydrogens is 350 g/mol. The molecule has 9 heteroatoms. The maximum absolute atomic E-state index is 12.2. The van der Waals surface area contributed by atoms with Crippen LogP contribution in [0.25, 0.3) is 0 Å². The van der Waals surface area contributed by atoms with Crippen molar-refractivity contribution >= 4 is 33.4 Å². The Morgan fingerprint density at radius 1 is 1.12 bits per heavy atom. The van der Waals surface area contributed by atoms with E-state index in [0.717, 1.165) is 18.1 Å². The van der Waals surface area contributed by atoms with E-state index in [-0.39, 0.29) is 11.4 Å². The van der Waals surface area contributed by atoms with E-state index < -0.39 is 10.0 Å². The fraction of sp³-hybridized carbons (Fsp3) is 0.333. The first kappa shape index (κ1) is 18.4. The molecule has 0 fully saturated rings. The molecule has 0 aliphatic rings. The molecule has 2 aromatic rings. The molecular formula is C15H20ClN5O2S. The molecule has 0 amide bonds. The topological polar surface area (TPSA) is 96.0 Å². The standard InChI is InChI=1S/C15H20ClN5O2S/c1-3-17-14-9-11(2)20-15(21-14)18-7-8-19-24(22,23)13-6-4-5-12(16)10-13/h4-6,9-10,19H,3,7-8H2,1-2H3,(H2,17,18,20,21). The zero-order valence-electron chi connectivity index (χ0n) is 13.5. The van der Waals surface area contributed by atoms with Crippen LogP contribution in [0.4, 0.5) is 11.8 Å². The molecule has 1 aromatic carbocycles. The maximum atomic E-state index is 12.2. The Labute approximate surface area is 146 Å². The van der Waals surface area contributed by atoms with Gasteiger partial charge in [-0.3, -0.25) is 0 Å². The minimum atomic E-state index is -3.59. The Kier molecular flexibility index (Phi) is 6.36. The first-order valence-electron chi connectivity index (χ1n) is 7.49. The van der Waals surface area contributed by atoms with E-state index in [4.69, 9.17) is 11.6 Å². The normalized spacial score (nSPS) is 11.3. The van der Waals surface area contributed by atoms with Gasteiger partial charge in [0.05, 0.1) is 4.90 Å². The lowest BCUT2D eigenvalue weighted by Gasteiger charge is -2.10. The van der Waals surface area contributed by atoms with Gasteiger partial charge >= 0.3 is 0 Å². The maximum Gasteiger partial charge on any atom is 0.240 e. The van der Waals surface area contributed by atoms with Crippen LogP contribution in [0.3, 0.4) is 0 Å². The van der Waals surface area contributed by atoms with Gasteiger partial charge in [0.15, 0.2) is 0 Å². The summed E-state index contributed by atoms with van der Waals surface area (Å²) in [5.41, 5.74) is 0.822. The summed E-state index contributed by atoms with van der Waals surface area (Å²) in [6, 6.07) is 7.96. The van der Waals surface area contributed by atoms with Gasteiger partial charge < -0.3 is 10.6 Å². The third kappa shape index (κ3) is 5.33. The van der Waals surface area contributed by atoms with Crippen LogP contribution in [0.1, 0.15) is 12.6 Å². The number of aryl methyl sites for hydroxylation is 1. The first-order chi connectivity index (χ1) is 11.4. The predicted molar refractivity (Wildman–Crippen MR) is 96.1 cm³/mol. The van der Waals surface area contributed by atoms with E-state index in [1.165, 1.54) is 12.1 Å². The molecule has 1 heterocycles. The number of halogens is 1. The van der Waals surface area contributed by atoms with Gasteiger partial charge in [0, 0.05) is 36.4 Å². The van der Waals surface area contributed by atoms with Gasteiger partial charge in [-0.2, -0.15) is 4.98 Å². The van der Waals surface area contributed by atoms with E-state index in [2.05, 4.69) is 25.3 Å². The molecule has 3 N–H and O–H groups in total. The van der Waals surface area contributed by atoms with Crippen LogP contribution in [-0.2, 0) is 10.0 Å². The van der Waals surface area contributed by atoms with Crippen molar-refractivity contribution in [2.45, 2.75) is 18.7 Å². The fourth-order valence-electron chi connectivity index (χ4n) is 2.00. The van der Waals surface area contributed by atoms with Gasteiger partial charge in [-0.15, -0.1) is 0 Å². The number of rotatable bonds is 8. The van der Waals surface area contributed by atoms with Gasteiger partial charge in [0.25, 0.3) is 0 Å². The van der Waals surface area contributed by atoms with Crippen LogP contribution in [-0.4, -0.2) is 38.0 Å². The van der Waals surface area contributed by atoms with E-state index in [1.54, 1.807) is 12.1 Å². The van der Waals surface area contributed by atoms with Crippen molar-refractivity contribution in [3.8, 4) is 0 Å². The molecule has 0 radical (unpaired) electrons. The molecule has 2 rings (SSSR count). The summed E-state index contributed by atoms with van der Waals surface area (Å²) in [5.74, 6) is 1.18. The van der Waals surface area contributed by atoms with Gasteiger partial charge in [-0.25, -0.2) is 18.1 Å². The van der Waals surface area contributed by atoms with Crippen molar-refractivity contribution < 1.29 is 8.42 Å². The number of nitrogens with zero attached hydrogens (tertiary/aromatic N) is 2. The lowest BCUT2D eigenvalue weighted by molar-refractivity contribution is 0.583. The second kappa shape index (κ2) is 8.27. The summed E-state index contributed by atoms with van der Waals surface area (Å²) >= 11 is 5.82. The van der Waals surface area contributed by atoms with E-state index >= 15 is 0 Å². The summed E-state index contributed by atoms with van der Waals surface area (Å²) in [7, 11) is -3.59. The Balaban J connectivity index is 1.91. The molecule has 0 aliphatic carbocycles. The zero-order valence-corrected chi connectivity index (χ0v) is 15.1. The monoisotopic (exact) mass is 369 g/mol. The second-order valence-corrected chi connectivity index (χ2v) is 7.23. The summed E-state index contributed by atoms with van der Waals surface area (Å²) in [5, 5.41) is 6.49. The second-order valence-electron chi connectivity index (χ2n) is 5.03. The highest BCUT2D eigenvalue weighted by molar-refractivity contribution is 7.89. The van der Waals surface area contributed by atoms with Gasteiger partial charge in [-0.1, -0.05) is 17.7 Å². The summed E-state index contributed by atoms with van der Waals surface area (Å²) in [4.78, 5) is 8.70. The zero-order chi connectivity index (χ0) is 17.6. The number of nitrogens with one attached hydrogen (secondary N) is 3. The van der Waals surface area contributed by atoms with Gasteiger partial charge in [0.1, 0.15) is 5.82 Å². The largest absolute Gasteiger partial charge is 0.370 e. The van der Waals surface area contributed by atoms with Crippen LogP contribution in [0.5, 0.6) is 0 Å². The minimum absolute atomic E-state index is 0.135. The van der Waals surface area contributed by atoms with Crippen molar-refractivity contribution in [2.24, 2.45) is 0 Å². The van der Waals surface area contributed by atoms with E-state index in [9.17, 15) is 8.42 Å². The number of hydrogen-bond donors (Lipinski definition) is 3. The Bertz CT molecular complexity index is 798. The fourth-order valence-corrected chi connectivity index (χ4v) is 3.33. The molecule has 0 spiro atoms. The lowest BCUT2D eigenvalue weighted by Crippen LogP contribution is -2.29. The predicted octanol–water partition coefficient (Wildman–Crippen LogP) is 2.26. The molecule has 0 bridgehead atoms. The molecule has 0 unspecified atom stereocenters. The van der Waals surface area contributed by atoms with Crippen LogP contribution in [0, 0.1) is 6.92 Å². The highest BCUT2D eigenvalue weighted by Gasteiger charge is 2.13. The number of sulfonamides is 1. The van der Waals surface area contributed by atoms with Crippen LogP contribution in [0.2, 0.25) is 5.02 Å². The molecule has 130 valence electrons. The molecule has 24 heavy (non-hydrogen) atoms. The quantitative estimate of drug-likeness (QED) is 0.618. The Morgan fingerprint density at radius 2 is 1.92 bits per heavy atom. The third-order valence-electron chi connectivity index (χ3n) is 3.02. The SMILES string of the molecule is CCNc1cc(C)nc(NCCNS(=O)(=O)c2cccc(Cl)c2)n1. The number of benzene rings is 1. The molecule has 7 nitrogen and oxygen atoms in total. The number of anilines is 2. The lowest BCUT2D eigenvalue weighted by atomic mass is 10.4. The van der Waals surface area contributed by atoms with E-state index in [1.807, 2.05) is 19.9 Å². The molecule has 0 aliphatic heterocycles. The van der Waals surface area contributed by atoms with Crippen molar-refractivity contribution in [1.29, 1.82) is 0 Å². The number of hydrogen-bond acceptors (Lipinski definition) is 6. The van der Waals surface area contributed by atoms with E-state index in [0.29, 0.717) is 17.5 Å². The minimum Gasteiger partial charge on any atom is -0.370 e. The average molecular weight is 370 g/mol. The van der Waals surface area contributed by atoms with Gasteiger partial charge in [-0.05, 0) is 32.0 Å². The average Bonchev–Trinajstić information content (AvgIpc) is 2.51. The highest BCUT2D eigenvalue weighted by atomic mass is 35.5. The van der Waals surface area contributed by atoms with Crippen molar-refractivity contribution in [3.05, 3.63) is 41.0 Å². The summed E-state index contributed by atoms with van der Waals surface area (Å²) in [6.45, 7) is 5.16. The van der Waals surface area contributed by atoms with Crippen LogP contribution >= 0.6 is 11.6 Å². The molecule has 0 saturated carbocycles. The third-order valence-corrected chi connectivity index (χ3v) is 4.71. The Morgan fingerprint density at radius 3 is 2.62 bits per heavy atom. The van der Waals surface area contributed by atoms with Crippen molar-refractivity contribution in [2.75, 3.05) is 30.3 Å². The molecule has 0 saturated heterocycles. The number of aromatic nitrogens is 2. The smallest absolute Gasteiger partial charge is 0.240 e. The highest BCUT2D eigenvalue weighted by Crippen LogP contribution is 2.15. The van der Waals surface area contributed by atoms with Gasteiger partial charge in [0.2, 0.25) is 16.0 Å². The van der Waals surface area contributed by atoms with Crippen LogP contribution < -0.4 is 15.4 Å². The van der Waals surface area contributed by atoms with Crippen molar-refractivity contribution in [3.63, 3.8) is 0 Å². The Hall–Kier alpha value is -1.90. The first-order valence-corrected chi connectivity index (χ1v) is 9.35. The molecule has 0 atom stereocenters. The van der Waals surface area contributed by atoms with Crippen molar-refractivity contribution in [1.82, 2.24) is 14.7 Å². The summed E-state index contributed by atoms with van der Waals surface area (Å²) in [6.07, 6.45) is 0. The van der Waals surface area contributed by atoms with Crippen LogP contribution in [0.15, 0.2) is 35.2 Å².